The lowest BCUT2D eigenvalue weighted by atomic mass is 10.0. The van der Waals surface area contributed by atoms with E-state index in [1.165, 1.54) is 18.0 Å². The highest BCUT2D eigenvalue weighted by atomic mass is 15.3. The third-order valence-electron chi connectivity index (χ3n) is 2.87. The molecule has 0 aromatic heterocycles. The summed E-state index contributed by atoms with van der Waals surface area (Å²) >= 11 is 0. The maximum Gasteiger partial charge on any atom is 0.179 e. The van der Waals surface area contributed by atoms with Gasteiger partial charge in [0, 0.05) is 13.8 Å². The molecular weight excluding hydrogens is 150 g/mol. The predicted octanol–water partition coefficient (Wildman–Crippen LogP) is -2.30. The fraction of sp³-hybridized carbons (Fsp3) is 0.889. The second-order valence-electron chi connectivity index (χ2n) is 4.30. The van der Waals surface area contributed by atoms with Crippen molar-refractivity contribution >= 4 is 0 Å². The van der Waals surface area contributed by atoms with Crippen LogP contribution in [0.15, 0.2) is 0 Å². The molecule has 0 saturated carbocycles. The van der Waals surface area contributed by atoms with Crippen LogP contribution in [0.25, 0.3) is 0 Å². The van der Waals surface area contributed by atoms with E-state index in [0.717, 1.165) is 13.1 Å². The molecule has 2 N–H and O–H groups in total. The van der Waals surface area contributed by atoms with E-state index < -0.39 is 0 Å². The molecule has 1 heterocycles. The van der Waals surface area contributed by atoms with Gasteiger partial charge in [0.25, 0.3) is 0 Å². The van der Waals surface area contributed by atoms with Gasteiger partial charge >= 0.3 is 0 Å². The van der Waals surface area contributed by atoms with E-state index in [-0.39, 0.29) is 5.54 Å². The van der Waals surface area contributed by atoms with Gasteiger partial charge in [0.15, 0.2) is 5.54 Å². The third-order valence-corrected chi connectivity index (χ3v) is 2.87. The van der Waals surface area contributed by atoms with Crippen LogP contribution in [0.4, 0.5) is 0 Å². The molecule has 0 atom stereocenters. The van der Waals surface area contributed by atoms with Gasteiger partial charge in [0.1, 0.15) is 32.2 Å². The Bertz CT molecular complexity index is 184. The van der Waals surface area contributed by atoms with Crippen molar-refractivity contribution in [2.45, 2.75) is 19.4 Å². The van der Waals surface area contributed by atoms with Crippen molar-refractivity contribution in [3.63, 3.8) is 0 Å². The molecule has 0 amide bonds. The van der Waals surface area contributed by atoms with Crippen molar-refractivity contribution in [3.05, 3.63) is 0 Å². The Morgan fingerprint density at radius 1 is 1.17 bits per heavy atom. The molecule has 68 valence electrons. The van der Waals surface area contributed by atoms with E-state index >= 15 is 0 Å². The van der Waals surface area contributed by atoms with Crippen LogP contribution in [-0.2, 0) is 0 Å². The molecule has 0 spiro atoms. The molecule has 0 bridgehead atoms. The van der Waals surface area contributed by atoms with Gasteiger partial charge in [-0.25, -0.2) is 0 Å². The number of likely N-dealkylation sites (N-methyl/N-ethyl adjacent to an activating group) is 1. The second kappa shape index (κ2) is 3.42. The lowest BCUT2D eigenvalue weighted by Crippen LogP contribution is -3.30. The molecule has 0 radical (unpaired) electrons. The van der Waals surface area contributed by atoms with Crippen molar-refractivity contribution in [3.8, 4) is 6.07 Å². The fourth-order valence-electron chi connectivity index (χ4n) is 1.68. The molecule has 0 aromatic rings. The van der Waals surface area contributed by atoms with E-state index in [2.05, 4.69) is 13.1 Å². The predicted molar refractivity (Wildman–Crippen MR) is 47.0 cm³/mol. The summed E-state index contributed by atoms with van der Waals surface area (Å²) in [4.78, 5) is 3.03. The number of hydrogen-bond donors (Lipinski definition) is 2. The van der Waals surface area contributed by atoms with Crippen molar-refractivity contribution < 1.29 is 9.80 Å². The summed E-state index contributed by atoms with van der Waals surface area (Å²) in [5.41, 5.74) is -0.194. The van der Waals surface area contributed by atoms with Gasteiger partial charge in [-0.2, -0.15) is 5.26 Å². The Hall–Kier alpha value is -0.590. The van der Waals surface area contributed by atoms with Crippen molar-refractivity contribution in [1.29, 1.82) is 5.26 Å². The third kappa shape index (κ3) is 1.96. The average Bonchev–Trinajstić information content (AvgIpc) is 2.05. The lowest BCUT2D eigenvalue weighted by Gasteiger charge is -2.34. The Morgan fingerprint density at radius 2 is 1.67 bits per heavy atom. The Morgan fingerprint density at radius 3 is 2.08 bits per heavy atom. The number of nitrogens with one attached hydrogen (secondary N) is 2. The van der Waals surface area contributed by atoms with Gasteiger partial charge in [-0.3, -0.25) is 0 Å². The van der Waals surface area contributed by atoms with Crippen LogP contribution < -0.4 is 9.80 Å². The van der Waals surface area contributed by atoms with Gasteiger partial charge in [-0.1, -0.05) is 0 Å². The maximum atomic E-state index is 8.93. The molecule has 1 aliphatic rings. The van der Waals surface area contributed by atoms with Crippen molar-refractivity contribution in [2.75, 3.05) is 33.2 Å². The number of quaternary nitrogens is 2. The molecule has 1 aliphatic heterocycles. The first-order valence-electron chi connectivity index (χ1n) is 4.64. The summed E-state index contributed by atoms with van der Waals surface area (Å²) in [5, 5.41) is 8.93. The summed E-state index contributed by atoms with van der Waals surface area (Å²) in [6.45, 7) is 8.71. The molecule has 3 heteroatoms. The normalized spacial score (nSPS) is 31.2. The molecule has 1 fully saturated rings. The summed E-state index contributed by atoms with van der Waals surface area (Å²) in [6.07, 6.45) is 0. The summed E-state index contributed by atoms with van der Waals surface area (Å²) < 4.78 is 0. The summed E-state index contributed by atoms with van der Waals surface area (Å²) in [5.74, 6) is 0. The number of rotatable bonds is 1. The zero-order chi connectivity index (χ0) is 9.19. The Balaban J connectivity index is 2.51. The lowest BCUT2D eigenvalue weighted by molar-refractivity contribution is -1.02. The second-order valence-corrected chi connectivity index (χ2v) is 4.30. The van der Waals surface area contributed by atoms with Crippen LogP contribution in [0.3, 0.4) is 0 Å². The standard InChI is InChI=1S/C9H17N3/c1-9(2,8-10)12-6-4-11(3)5-7-12/h4-7H2,1-3H3/p+2. The molecular formula is C9H19N3+2. The topological polar surface area (TPSA) is 32.7 Å². The van der Waals surface area contributed by atoms with E-state index in [0.29, 0.717) is 0 Å². The Kier molecular flexibility index (Phi) is 2.71. The monoisotopic (exact) mass is 169 g/mol. The van der Waals surface area contributed by atoms with Crippen LogP contribution in [0.1, 0.15) is 13.8 Å². The zero-order valence-corrected chi connectivity index (χ0v) is 8.28. The Labute approximate surface area is 74.6 Å². The smallest absolute Gasteiger partial charge is 0.179 e. The largest absolute Gasteiger partial charge is 0.328 e. The first kappa shape index (κ1) is 9.50. The first-order chi connectivity index (χ1) is 5.56. The molecule has 1 rings (SSSR count). The minimum absolute atomic E-state index is 0.194. The average molecular weight is 169 g/mol. The van der Waals surface area contributed by atoms with Crippen LogP contribution in [0.2, 0.25) is 0 Å². The van der Waals surface area contributed by atoms with Gasteiger partial charge in [-0.05, 0) is 0 Å². The van der Waals surface area contributed by atoms with Gasteiger partial charge in [0.05, 0.1) is 7.05 Å². The molecule has 12 heavy (non-hydrogen) atoms. The minimum Gasteiger partial charge on any atom is -0.328 e. The quantitative estimate of drug-likeness (QED) is 0.455. The zero-order valence-electron chi connectivity index (χ0n) is 8.28. The molecule has 3 nitrogen and oxygen atoms in total. The van der Waals surface area contributed by atoms with E-state index in [1.807, 2.05) is 13.8 Å². The van der Waals surface area contributed by atoms with Crippen molar-refractivity contribution in [2.24, 2.45) is 0 Å². The van der Waals surface area contributed by atoms with Gasteiger partial charge < -0.3 is 9.80 Å². The SMILES string of the molecule is C[NH+]1CC[NH+](C(C)(C)C#N)CC1. The van der Waals surface area contributed by atoms with E-state index in [1.54, 1.807) is 4.90 Å². The highest BCUT2D eigenvalue weighted by molar-refractivity contribution is 4.92. The number of nitrogens with zero attached hydrogens (tertiary/aromatic N) is 1. The molecule has 0 aromatic carbocycles. The highest BCUT2D eigenvalue weighted by Crippen LogP contribution is 1.91. The molecule has 1 saturated heterocycles. The van der Waals surface area contributed by atoms with Crippen LogP contribution in [-0.4, -0.2) is 38.8 Å². The molecule has 0 aliphatic carbocycles. The van der Waals surface area contributed by atoms with Crippen LogP contribution >= 0.6 is 0 Å². The number of nitriles is 1. The highest BCUT2D eigenvalue weighted by Gasteiger charge is 2.34. The minimum atomic E-state index is -0.194. The number of piperazine rings is 1. The van der Waals surface area contributed by atoms with Crippen LogP contribution in [0, 0.1) is 11.3 Å². The first-order valence-corrected chi connectivity index (χ1v) is 4.64. The fourth-order valence-corrected chi connectivity index (χ4v) is 1.68. The van der Waals surface area contributed by atoms with E-state index in [9.17, 15) is 0 Å². The maximum absolute atomic E-state index is 8.93. The summed E-state index contributed by atoms with van der Waals surface area (Å²) in [6, 6.07) is 2.38. The molecule has 0 unspecified atom stereocenters. The van der Waals surface area contributed by atoms with Gasteiger partial charge in [-0.15, -0.1) is 0 Å². The van der Waals surface area contributed by atoms with Crippen LogP contribution in [0.5, 0.6) is 0 Å². The van der Waals surface area contributed by atoms with Crippen molar-refractivity contribution in [1.82, 2.24) is 0 Å². The van der Waals surface area contributed by atoms with E-state index in [4.69, 9.17) is 5.26 Å². The van der Waals surface area contributed by atoms with Gasteiger partial charge in [0.2, 0.25) is 0 Å². The summed E-state index contributed by atoms with van der Waals surface area (Å²) in [7, 11) is 2.22. The number of hydrogen-bond acceptors (Lipinski definition) is 1.